The van der Waals surface area contributed by atoms with Gasteiger partial charge in [0, 0.05) is 37.3 Å². The third-order valence-electron chi connectivity index (χ3n) is 5.37. The number of hydrogen-bond donors (Lipinski definition) is 1. The fraction of sp³-hybridized carbons (Fsp3) is 0.650. The van der Waals surface area contributed by atoms with Gasteiger partial charge in [0.2, 0.25) is 0 Å². The number of rotatable bonds is 7. The van der Waals surface area contributed by atoms with Gasteiger partial charge < -0.3 is 10.2 Å². The SMILES string of the molecule is CCC(CC)NC(=O)c1ccc(CN2CCC(N(C)C)C2)c(C(F)(F)F)c1. The minimum absolute atomic E-state index is 0.0286. The number of nitrogens with one attached hydrogen (secondary N) is 1. The number of nitrogens with zero attached hydrogens (tertiary/aromatic N) is 2. The van der Waals surface area contributed by atoms with Crippen molar-refractivity contribution in [2.45, 2.75) is 57.9 Å². The average Bonchev–Trinajstić information content (AvgIpc) is 3.07. The number of alkyl halides is 3. The van der Waals surface area contributed by atoms with Gasteiger partial charge in [0.05, 0.1) is 5.56 Å². The van der Waals surface area contributed by atoms with Crippen LogP contribution in [0.3, 0.4) is 0 Å². The molecule has 0 spiro atoms. The predicted molar refractivity (Wildman–Crippen MR) is 101 cm³/mol. The first kappa shape index (κ1) is 21.7. The lowest BCUT2D eigenvalue weighted by Crippen LogP contribution is -2.34. The molecule has 1 atom stereocenters. The molecule has 1 heterocycles. The maximum atomic E-state index is 13.6. The van der Waals surface area contributed by atoms with Crippen molar-refractivity contribution in [1.82, 2.24) is 15.1 Å². The summed E-state index contributed by atoms with van der Waals surface area (Å²) in [5.41, 5.74) is -0.431. The van der Waals surface area contributed by atoms with Crippen molar-refractivity contribution in [1.29, 1.82) is 0 Å². The third kappa shape index (κ3) is 5.69. The molecule has 27 heavy (non-hydrogen) atoms. The predicted octanol–water partition coefficient (Wildman–Crippen LogP) is 3.76. The first-order valence-corrected chi connectivity index (χ1v) is 9.55. The summed E-state index contributed by atoms with van der Waals surface area (Å²) in [6.07, 6.45) is -2.05. The summed E-state index contributed by atoms with van der Waals surface area (Å²) in [5.74, 6) is -0.449. The van der Waals surface area contributed by atoms with Crippen molar-refractivity contribution in [3.8, 4) is 0 Å². The molecule has 1 amide bonds. The second kappa shape index (κ2) is 9.06. The minimum Gasteiger partial charge on any atom is -0.349 e. The van der Waals surface area contributed by atoms with Gasteiger partial charge in [-0.1, -0.05) is 19.9 Å². The molecule has 4 nitrogen and oxygen atoms in total. The number of hydrogen-bond acceptors (Lipinski definition) is 3. The van der Waals surface area contributed by atoms with E-state index in [4.69, 9.17) is 0 Å². The Morgan fingerprint density at radius 1 is 1.30 bits per heavy atom. The Morgan fingerprint density at radius 3 is 2.48 bits per heavy atom. The molecule has 0 aliphatic carbocycles. The molecule has 2 rings (SSSR count). The highest BCUT2D eigenvalue weighted by molar-refractivity contribution is 5.94. The molecule has 1 N–H and O–H groups in total. The number of carbonyl (C=O) groups is 1. The molecule has 0 bridgehead atoms. The smallest absolute Gasteiger partial charge is 0.349 e. The molecule has 1 aromatic rings. The van der Waals surface area contributed by atoms with Gasteiger partial charge in [-0.3, -0.25) is 9.69 Å². The van der Waals surface area contributed by atoms with Gasteiger partial charge in [0.1, 0.15) is 0 Å². The normalized spacial score (nSPS) is 18.5. The van der Waals surface area contributed by atoms with Crippen LogP contribution < -0.4 is 5.32 Å². The van der Waals surface area contributed by atoms with Gasteiger partial charge in [-0.2, -0.15) is 13.2 Å². The topological polar surface area (TPSA) is 35.6 Å². The van der Waals surface area contributed by atoms with Crippen molar-refractivity contribution in [2.24, 2.45) is 0 Å². The Labute approximate surface area is 159 Å². The number of likely N-dealkylation sites (N-methyl/N-ethyl adjacent to an activating group) is 1. The van der Waals surface area contributed by atoms with Crippen molar-refractivity contribution >= 4 is 5.91 Å². The van der Waals surface area contributed by atoms with E-state index in [9.17, 15) is 18.0 Å². The van der Waals surface area contributed by atoms with Gasteiger partial charge in [-0.05, 0) is 51.1 Å². The molecule has 0 radical (unpaired) electrons. The molecule has 152 valence electrons. The quantitative estimate of drug-likeness (QED) is 0.776. The first-order chi connectivity index (χ1) is 12.7. The van der Waals surface area contributed by atoms with E-state index in [0.717, 1.165) is 38.4 Å². The molecule has 0 aromatic heterocycles. The number of carbonyl (C=O) groups excluding carboxylic acids is 1. The largest absolute Gasteiger partial charge is 0.416 e. The number of halogens is 3. The summed E-state index contributed by atoms with van der Waals surface area (Å²) < 4.78 is 40.8. The number of likely N-dealkylation sites (tertiary alicyclic amines) is 1. The molecular formula is C20H30F3N3O. The van der Waals surface area contributed by atoms with Crippen LogP contribution in [0, 0.1) is 0 Å². The molecule has 1 fully saturated rings. The van der Waals surface area contributed by atoms with Crippen molar-refractivity contribution in [3.05, 3.63) is 34.9 Å². The zero-order valence-electron chi connectivity index (χ0n) is 16.6. The summed E-state index contributed by atoms with van der Waals surface area (Å²) in [7, 11) is 3.98. The summed E-state index contributed by atoms with van der Waals surface area (Å²) in [4.78, 5) is 16.5. The summed E-state index contributed by atoms with van der Waals surface area (Å²) in [6, 6.07) is 4.28. The zero-order chi connectivity index (χ0) is 20.2. The molecule has 1 aromatic carbocycles. The molecular weight excluding hydrogens is 355 g/mol. The number of amides is 1. The van der Waals surface area contributed by atoms with Crippen LogP contribution in [0.5, 0.6) is 0 Å². The van der Waals surface area contributed by atoms with Crippen molar-refractivity contribution < 1.29 is 18.0 Å². The van der Waals surface area contributed by atoms with Gasteiger partial charge >= 0.3 is 6.18 Å². The molecule has 1 saturated heterocycles. The van der Waals surface area contributed by atoms with E-state index < -0.39 is 17.6 Å². The maximum absolute atomic E-state index is 13.6. The second-order valence-electron chi connectivity index (χ2n) is 7.50. The van der Waals surface area contributed by atoms with Crippen LogP contribution in [0.15, 0.2) is 18.2 Å². The Kier molecular flexibility index (Phi) is 7.28. The van der Waals surface area contributed by atoms with E-state index in [2.05, 4.69) is 10.2 Å². The van der Waals surface area contributed by atoms with E-state index in [0.29, 0.717) is 6.04 Å². The maximum Gasteiger partial charge on any atom is 0.416 e. The lowest BCUT2D eigenvalue weighted by molar-refractivity contribution is -0.138. The fourth-order valence-corrected chi connectivity index (χ4v) is 3.50. The zero-order valence-corrected chi connectivity index (χ0v) is 16.6. The highest BCUT2D eigenvalue weighted by Crippen LogP contribution is 2.34. The van der Waals surface area contributed by atoms with Crippen LogP contribution in [-0.2, 0) is 12.7 Å². The van der Waals surface area contributed by atoms with E-state index in [1.54, 1.807) is 0 Å². The monoisotopic (exact) mass is 385 g/mol. The van der Waals surface area contributed by atoms with Crippen LogP contribution in [-0.4, -0.2) is 55.0 Å². The third-order valence-corrected chi connectivity index (χ3v) is 5.37. The Bertz CT molecular complexity index is 642. The number of benzene rings is 1. The Morgan fingerprint density at radius 2 is 1.96 bits per heavy atom. The van der Waals surface area contributed by atoms with Gasteiger partial charge in [-0.15, -0.1) is 0 Å². The Balaban J connectivity index is 2.20. The van der Waals surface area contributed by atoms with Crippen LogP contribution in [0.4, 0.5) is 13.2 Å². The summed E-state index contributed by atoms with van der Waals surface area (Å²) in [5, 5.41) is 2.80. The van der Waals surface area contributed by atoms with Crippen LogP contribution in [0.25, 0.3) is 0 Å². The van der Waals surface area contributed by atoms with Crippen LogP contribution in [0.2, 0.25) is 0 Å². The van der Waals surface area contributed by atoms with Gasteiger partial charge in [0.15, 0.2) is 0 Å². The molecule has 1 unspecified atom stereocenters. The van der Waals surface area contributed by atoms with E-state index in [1.807, 2.05) is 32.8 Å². The first-order valence-electron chi connectivity index (χ1n) is 9.55. The molecule has 1 aliphatic heterocycles. The minimum atomic E-state index is -4.48. The van der Waals surface area contributed by atoms with E-state index in [1.165, 1.54) is 12.1 Å². The van der Waals surface area contributed by atoms with E-state index >= 15 is 0 Å². The van der Waals surface area contributed by atoms with E-state index in [-0.39, 0.29) is 23.7 Å². The van der Waals surface area contributed by atoms with Gasteiger partial charge in [0.25, 0.3) is 5.91 Å². The van der Waals surface area contributed by atoms with Gasteiger partial charge in [-0.25, -0.2) is 0 Å². The fourth-order valence-electron chi connectivity index (χ4n) is 3.50. The molecule has 1 aliphatic rings. The van der Waals surface area contributed by atoms with Crippen molar-refractivity contribution in [2.75, 3.05) is 27.2 Å². The summed E-state index contributed by atoms with van der Waals surface area (Å²) in [6.45, 7) is 5.65. The summed E-state index contributed by atoms with van der Waals surface area (Å²) >= 11 is 0. The van der Waals surface area contributed by atoms with Crippen molar-refractivity contribution in [3.63, 3.8) is 0 Å². The lowest BCUT2D eigenvalue weighted by Gasteiger charge is -2.22. The standard InChI is InChI=1S/C20H30F3N3O/c1-5-16(6-2)24-19(27)14-7-8-15(18(11-14)20(21,22)23)12-26-10-9-17(13-26)25(3)4/h7-8,11,16-17H,5-6,9-10,12-13H2,1-4H3,(H,24,27). The lowest BCUT2D eigenvalue weighted by atomic mass is 10.0. The van der Waals surface area contributed by atoms with Crippen LogP contribution >= 0.6 is 0 Å². The second-order valence-corrected chi connectivity index (χ2v) is 7.50. The highest BCUT2D eigenvalue weighted by Gasteiger charge is 2.35. The Hall–Kier alpha value is -1.60. The molecule has 7 heteroatoms. The average molecular weight is 385 g/mol. The molecule has 0 saturated carbocycles. The van der Waals surface area contributed by atoms with Crippen LogP contribution in [0.1, 0.15) is 54.6 Å². The highest BCUT2D eigenvalue weighted by atomic mass is 19.4.